The summed E-state index contributed by atoms with van der Waals surface area (Å²) in [6, 6.07) is 12.5. The fourth-order valence-corrected chi connectivity index (χ4v) is 3.35. The van der Waals surface area contributed by atoms with Crippen LogP contribution in [0.25, 0.3) is 10.9 Å². The first-order valence-electron chi connectivity index (χ1n) is 9.11. The predicted molar refractivity (Wildman–Crippen MR) is 109 cm³/mol. The van der Waals surface area contributed by atoms with Gasteiger partial charge in [0, 0.05) is 41.5 Å². The first-order valence-corrected chi connectivity index (χ1v) is 9.11. The Hall–Kier alpha value is -3.12. The van der Waals surface area contributed by atoms with Crippen molar-refractivity contribution in [3.63, 3.8) is 0 Å². The minimum atomic E-state index is -0.881. The highest BCUT2D eigenvalue weighted by Crippen LogP contribution is 2.26. The molecule has 1 heterocycles. The zero-order chi connectivity index (χ0) is 20.3. The van der Waals surface area contributed by atoms with Crippen molar-refractivity contribution in [2.45, 2.75) is 26.8 Å². The number of hydrogen-bond donors (Lipinski definition) is 2. The van der Waals surface area contributed by atoms with Crippen LogP contribution in [-0.4, -0.2) is 35.3 Å². The fraction of sp³-hybridized carbons (Fsp3) is 0.273. The molecular formula is C22H24N2O4. The summed E-state index contributed by atoms with van der Waals surface area (Å²) in [6.07, 6.45) is -0.0381. The van der Waals surface area contributed by atoms with E-state index in [1.807, 2.05) is 18.2 Å². The molecule has 2 aromatic carbocycles. The predicted octanol–water partition coefficient (Wildman–Crippen LogP) is 3.78. The van der Waals surface area contributed by atoms with E-state index < -0.39 is 5.97 Å². The molecule has 0 aliphatic rings. The zero-order valence-electron chi connectivity index (χ0n) is 16.3. The Morgan fingerprint density at radius 3 is 2.46 bits per heavy atom. The van der Waals surface area contributed by atoms with Crippen molar-refractivity contribution in [3.8, 4) is 0 Å². The maximum atomic E-state index is 12.7. The summed E-state index contributed by atoms with van der Waals surface area (Å²) in [6.45, 7) is 5.53. The van der Waals surface area contributed by atoms with E-state index >= 15 is 0 Å². The summed E-state index contributed by atoms with van der Waals surface area (Å²) in [5.41, 5.74) is 5.30. The van der Waals surface area contributed by atoms with Crippen LogP contribution in [0.2, 0.25) is 0 Å². The molecule has 6 heteroatoms. The Labute approximate surface area is 163 Å². The molecule has 3 rings (SSSR count). The number of carbonyl (C=O) groups is 2. The quantitative estimate of drug-likeness (QED) is 0.654. The number of benzene rings is 2. The lowest BCUT2D eigenvalue weighted by atomic mass is 10.1. The average Bonchev–Trinajstić information content (AvgIpc) is 2.91. The van der Waals surface area contributed by atoms with Crippen molar-refractivity contribution >= 4 is 28.5 Å². The molecule has 1 amide bonds. The molecule has 0 aliphatic heterocycles. The fourth-order valence-electron chi connectivity index (χ4n) is 3.35. The minimum Gasteiger partial charge on any atom is -0.481 e. The maximum absolute atomic E-state index is 12.7. The molecule has 0 bridgehead atoms. The minimum absolute atomic E-state index is 0.0381. The van der Waals surface area contributed by atoms with Gasteiger partial charge in [0.2, 0.25) is 0 Å². The molecule has 28 heavy (non-hydrogen) atoms. The molecule has 0 spiro atoms. The second-order valence-electron chi connectivity index (χ2n) is 6.81. The third-order valence-electron chi connectivity index (χ3n) is 4.99. The molecular weight excluding hydrogens is 356 g/mol. The number of anilines is 1. The van der Waals surface area contributed by atoms with Crippen molar-refractivity contribution in [2.75, 3.05) is 19.0 Å². The number of amides is 1. The SMILES string of the molecule is COCCn1c(C)c(C)c2cc(C(=O)Nc3ccc(CC(=O)O)cc3)ccc21. The lowest BCUT2D eigenvalue weighted by Crippen LogP contribution is -2.12. The Bertz CT molecular complexity index is 1020. The molecule has 0 saturated heterocycles. The monoisotopic (exact) mass is 380 g/mol. The standard InChI is InChI=1S/C22H24N2O4/c1-14-15(2)24(10-11-28-3)20-9-6-17(13-19(14)20)22(27)23-18-7-4-16(5-8-18)12-21(25)26/h4-9,13H,10-12H2,1-3H3,(H,23,27)(H,25,26). The van der Waals surface area contributed by atoms with Crippen molar-refractivity contribution in [2.24, 2.45) is 0 Å². The molecule has 146 valence electrons. The summed E-state index contributed by atoms with van der Waals surface area (Å²) >= 11 is 0. The highest BCUT2D eigenvalue weighted by atomic mass is 16.5. The molecule has 0 radical (unpaired) electrons. The van der Waals surface area contributed by atoms with Gasteiger partial charge < -0.3 is 19.7 Å². The Balaban J connectivity index is 1.82. The van der Waals surface area contributed by atoms with Crippen LogP contribution in [0.15, 0.2) is 42.5 Å². The van der Waals surface area contributed by atoms with E-state index in [9.17, 15) is 9.59 Å². The maximum Gasteiger partial charge on any atom is 0.307 e. The van der Waals surface area contributed by atoms with Gasteiger partial charge in [-0.05, 0) is 55.3 Å². The van der Waals surface area contributed by atoms with Crippen LogP contribution < -0.4 is 5.32 Å². The molecule has 0 aliphatic carbocycles. The van der Waals surface area contributed by atoms with Gasteiger partial charge in [-0.1, -0.05) is 12.1 Å². The number of ether oxygens (including phenoxy) is 1. The van der Waals surface area contributed by atoms with Crippen LogP contribution in [0, 0.1) is 13.8 Å². The smallest absolute Gasteiger partial charge is 0.307 e. The Morgan fingerprint density at radius 1 is 1.11 bits per heavy atom. The molecule has 0 saturated carbocycles. The van der Waals surface area contributed by atoms with Crippen molar-refractivity contribution in [1.29, 1.82) is 0 Å². The van der Waals surface area contributed by atoms with Crippen LogP contribution >= 0.6 is 0 Å². The first-order chi connectivity index (χ1) is 13.4. The number of methoxy groups -OCH3 is 1. The number of aryl methyl sites for hydroxylation is 1. The molecule has 2 N–H and O–H groups in total. The zero-order valence-corrected chi connectivity index (χ0v) is 16.3. The number of aliphatic carboxylic acids is 1. The second-order valence-corrected chi connectivity index (χ2v) is 6.81. The highest BCUT2D eigenvalue weighted by Gasteiger charge is 2.14. The lowest BCUT2D eigenvalue weighted by molar-refractivity contribution is -0.136. The van der Waals surface area contributed by atoms with Gasteiger partial charge in [0.15, 0.2) is 0 Å². The number of nitrogens with one attached hydrogen (secondary N) is 1. The van der Waals surface area contributed by atoms with Gasteiger partial charge in [-0.2, -0.15) is 0 Å². The molecule has 0 atom stereocenters. The van der Waals surface area contributed by atoms with Crippen LogP contribution in [-0.2, 0) is 22.5 Å². The second kappa shape index (κ2) is 8.27. The molecule has 3 aromatic rings. The van der Waals surface area contributed by atoms with E-state index in [0.717, 1.165) is 23.0 Å². The van der Waals surface area contributed by atoms with E-state index in [2.05, 4.69) is 23.7 Å². The van der Waals surface area contributed by atoms with Gasteiger partial charge in [-0.3, -0.25) is 9.59 Å². The summed E-state index contributed by atoms with van der Waals surface area (Å²) in [4.78, 5) is 23.4. The normalized spacial score (nSPS) is 11.0. The number of hydrogen-bond acceptors (Lipinski definition) is 3. The van der Waals surface area contributed by atoms with Gasteiger partial charge in [-0.15, -0.1) is 0 Å². The Kier molecular flexibility index (Phi) is 5.80. The lowest BCUT2D eigenvalue weighted by Gasteiger charge is -2.09. The van der Waals surface area contributed by atoms with Crippen LogP contribution in [0.4, 0.5) is 5.69 Å². The van der Waals surface area contributed by atoms with Gasteiger partial charge in [0.05, 0.1) is 13.0 Å². The topological polar surface area (TPSA) is 80.6 Å². The summed E-state index contributed by atoms with van der Waals surface area (Å²) in [7, 11) is 1.69. The molecule has 0 fully saturated rings. The number of fused-ring (bicyclic) bond motifs is 1. The van der Waals surface area contributed by atoms with Gasteiger partial charge in [0.1, 0.15) is 0 Å². The summed E-state index contributed by atoms with van der Waals surface area (Å²) < 4.78 is 7.40. The van der Waals surface area contributed by atoms with E-state index in [0.29, 0.717) is 23.4 Å². The molecule has 6 nitrogen and oxygen atoms in total. The van der Waals surface area contributed by atoms with E-state index in [4.69, 9.17) is 9.84 Å². The van der Waals surface area contributed by atoms with Crippen molar-refractivity contribution < 1.29 is 19.4 Å². The molecule has 1 aromatic heterocycles. The van der Waals surface area contributed by atoms with Crippen LogP contribution in [0.5, 0.6) is 0 Å². The largest absolute Gasteiger partial charge is 0.481 e. The van der Waals surface area contributed by atoms with Crippen molar-refractivity contribution in [3.05, 3.63) is 64.8 Å². The van der Waals surface area contributed by atoms with E-state index in [1.54, 1.807) is 31.4 Å². The highest BCUT2D eigenvalue weighted by molar-refractivity contribution is 6.06. The van der Waals surface area contributed by atoms with E-state index in [-0.39, 0.29) is 12.3 Å². The Morgan fingerprint density at radius 2 is 1.82 bits per heavy atom. The number of carbonyl (C=O) groups excluding carboxylic acids is 1. The number of carboxylic acid groups (broad SMARTS) is 1. The third kappa shape index (κ3) is 4.07. The number of nitrogens with zero attached hydrogens (tertiary/aromatic N) is 1. The third-order valence-corrected chi connectivity index (χ3v) is 4.99. The number of rotatable bonds is 7. The average molecular weight is 380 g/mol. The van der Waals surface area contributed by atoms with Gasteiger partial charge in [-0.25, -0.2) is 0 Å². The summed E-state index contributed by atoms with van der Waals surface area (Å²) in [5.74, 6) is -1.08. The first kappa shape index (κ1) is 19.6. The molecule has 0 unspecified atom stereocenters. The van der Waals surface area contributed by atoms with Crippen LogP contribution in [0.1, 0.15) is 27.2 Å². The van der Waals surface area contributed by atoms with Gasteiger partial charge in [0.25, 0.3) is 5.91 Å². The number of carboxylic acids is 1. The van der Waals surface area contributed by atoms with E-state index in [1.165, 1.54) is 5.69 Å². The van der Waals surface area contributed by atoms with Gasteiger partial charge >= 0.3 is 5.97 Å². The summed E-state index contributed by atoms with van der Waals surface area (Å²) in [5, 5.41) is 12.7. The van der Waals surface area contributed by atoms with Crippen molar-refractivity contribution in [1.82, 2.24) is 4.57 Å². The number of aromatic nitrogens is 1. The van der Waals surface area contributed by atoms with Crippen LogP contribution in [0.3, 0.4) is 0 Å².